The van der Waals surface area contributed by atoms with Crippen LogP contribution in [0.15, 0.2) is 12.2 Å². The second-order valence-corrected chi connectivity index (χ2v) is 5.31. The van der Waals surface area contributed by atoms with Gasteiger partial charge >= 0.3 is 5.97 Å². The summed E-state index contributed by atoms with van der Waals surface area (Å²) in [6.07, 6.45) is 7.19. The topological polar surface area (TPSA) is 37.3 Å². The van der Waals surface area contributed by atoms with Crippen LogP contribution in [0.1, 0.15) is 33.1 Å². The predicted molar refractivity (Wildman–Crippen MR) is 54.9 cm³/mol. The van der Waals surface area contributed by atoms with Crippen molar-refractivity contribution in [3.8, 4) is 0 Å². The summed E-state index contributed by atoms with van der Waals surface area (Å²) >= 11 is 0. The largest absolute Gasteiger partial charge is 0.478 e. The second-order valence-electron chi connectivity index (χ2n) is 5.31. The van der Waals surface area contributed by atoms with E-state index < -0.39 is 5.97 Å². The number of hydrogen-bond acceptors (Lipinski definition) is 1. The monoisotopic (exact) mass is 194 g/mol. The zero-order chi connectivity index (χ0) is 10.3. The molecule has 2 fully saturated rings. The first kappa shape index (κ1) is 9.75. The molecule has 0 aromatic rings. The number of carbonyl (C=O) groups is 1. The quantitative estimate of drug-likeness (QED) is 0.686. The molecule has 2 bridgehead atoms. The number of aliphatic carboxylic acids is 1. The molecule has 0 heterocycles. The Balaban J connectivity index is 2.15. The van der Waals surface area contributed by atoms with Gasteiger partial charge in [0.15, 0.2) is 0 Å². The molecule has 0 aromatic heterocycles. The van der Waals surface area contributed by atoms with Crippen molar-refractivity contribution in [3.63, 3.8) is 0 Å². The molecule has 2 nitrogen and oxygen atoms in total. The maximum atomic E-state index is 10.5. The lowest BCUT2D eigenvalue weighted by Crippen LogP contribution is -2.29. The maximum Gasteiger partial charge on any atom is 0.327 e. The molecule has 2 aliphatic carbocycles. The van der Waals surface area contributed by atoms with Crippen LogP contribution in [0.3, 0.4) is 0 Å². The first-order chi connectivity index (χ1) is 6.51. The van der Waals surface area contributed by atoms with Gasteiger partial charge in [0.05, 0.1) is 0 Å². The summed E-state index contributed by atoms with van der Waals surface area (Å²) in [6.45, 7) is 4.57. The fourth-order valence-electron chi connectivity index (χ4n) is 3.49. The van der Waals surface area contributed by atoms with E-state index in [1.54, 1.807) is 0 Å². The summed E-state index contributed by atoms with van der Waals surface area (Å²) in [5.41, 5.74) is 0.314. The lowest BCUT2D eigenvalue weighted by Gasteiger charge is -2.36. The molecule has 14 heavy (non-hydrogen) atoms. The Bertz CT molecular complexity index is 278. The second kappa shape index (κ2) is 3.11. The average Bonchev–Trinajstić information content (AvgIpc) is 2.59. The standard InChI is InChI=1S/C12H18O2/c1-12(2)9-4-3-8(7-9)10(12)5-6-11(13)14/h5-6,8-10H,3-4,7H2,1-2H3,(H,13,14)/b6-5+/t8-,9+,10+/m0/s1. The molecule has 1 N–H and O–H groups in total. The van der Waals surface area contributed by atoms with Crippen molar-refractivity contribution in [1.29, 1.82) is 0 Å². The third kappa shape index (κ3) is 1.37. The van der Waals surface area contributed by atoms with Crippen molar-refractivity contribution in [1.82, 2.24) is 0 Å². The Labute approximate surface area is 85.0 Å². The maximum absolute atomic E-state index is 10.5. The van der Waals surface area contributed by atoms with Gasteiger partial charge in [0, 0.05) is 6.08 Å². The molecule has 2 saturated carbocycles. The molecule has 0 saturated heterocycles. The van der Waals surface area contributed by atoms with Gasteiger partial charge in [-0.1, -0.05) is 19.9 Å². The van der Waals surface area contributed by atoms with Crippen molar-refractivity contribution in [2.24, 2.45) is 23.2 Å². The summed E-state index contributed by atoms with van der Waals surface area (Å²) in [4.78, 5) is 10.5. The number of hydrogen-bond donors (Lipinski definition) is 1. The lowest BCUT2D eigenvalue weighted by molar-refractivity contribution is -0.131. The Hall–Kier alpha value is -0.790. The summed E-state index contributed by atoms with van der Waals surface area (Å²) in [6, 6.07) is 0. The molecule has 2 aliphatic rings. The fraction of sp³-hybridized carbons (Fsp3) is 0.750. The van der Waals surface area contributed by atoms with Crippen LogP contribution in [0, 0.1) is 23.2 Å². The number of carboxylic acids is 1. The molecule has 0 unspecified atom stereocenters. The highest BCUT2D eigenvalue weighted by Gasteiger charge is 2.51. The SMILES string of the molecule is CC1(C)[C@@H]2CC[C@@H](C2)[C@H]1/C=C/C(=O)O. The van der Waals surface area contributed by atoms with Crippen LogP contribution in [0.4, 0.5) is 0 Å². The van der Waals surface area contributed by atoms with Gasteiger partial charge < -0.3 is 5.11 Å². The van der Waals surface area contributed by atoms with Gasteiger partial charge in [0.2, 0.25) is 0 Å². The Kier molecular flexibility index (Phi) is 2.17. The van der Waals surface area contributed by atoms with Crippen molar-refractivity contribution in [3.05, 3.63) is 12.2 Å². The number of allylic oxidation sites excluding steroid dienone is 1. The molecule has 2 rings (SSSR count). The van der Waals surface area contributed by atoms with E-state index in [2.05, 4.69) is 13.8 Å². The van der Waals surface area contributed by atoms with Gasteiger partial charge in [0.1, 0.15) is 0 Å². The minimum absolute atomic E-state index is 0.314. The van der Waals surface area contributed by atoms with Crippen molar-refractivity contribution in [2.75, 3.05) is 0 Å². The third-order valence-corrected chi connectivity index (χ3v) is 4.34. The van der Waals surface area contributed by atoms with Crippen molar-refractivity contribution >= 4 is 5.97 Å². The van der Waals surface area contributed by atoms with Crippen LogP contribution < -0.4 is 0 Å². The highest BCUT2D eigenvalue weighted by Crippen LogP contribution is 2.59. The van der Waals surface area contributed by atoms with Crippen LogP contribution in [-0.4, -0.2) is 11.1 Å². The number of fused-ring (bicyclic) bond motifs is 2. The Morgan fingerprint density at radius 2 is 2.14 bits per heavy atom. The first-order valence-corrected chi connectivity index (χ1v) is 5.43. The molecule has 0 aliphatic heterocycles. The third-order valence-electron chi connectivity index (χ3n) is 4.34. The molecule has 0 radical (unpaired) electrons. The highest BCUT2D eigenvalue weighted by molar-refractivity contribution is 5.79. The van der Waals surface area contributed by atoms with E-state index in [-0.39, 0.29) is 0 Å². The van der Waals surface area contributed by atoms with Crippen LogP contribution in [-0.2, 0) is 4.79 Å². The molecule has 3 atom stereocenters. The summed E-state index contributed by atoms with van der Waals surface area (Å²) in [5.74, 6) is 1.22. The van der Waals surface area contributed by atoms with Crippen LogP contribution in [0.25, 0.3) is 0 Å². The highest BCUT2D eigenvalue weighted by atomic mass is 16.4. The van der Waals surface area contributed by atoms with Crippen LogP contribution in [0.5, 0.6) is 0 Å². The van der Waals surface area contributed by atoms with E-state index in [9.17, 15) is 4.79 Å². The van der Waals surface area contributed by atoms with Gasteiger partial charge in [-0.05, 0) is 42.4 Å². The number of rotatable bonds is 2. The molecular formula is C12H18O2. The normalized spacial score (nSPS) is 39.4. The van der Waals surface area contributed by atoms with E-state index in [0.29, 0.717) is 11.3 Å². The van der Waals surface area contributed by atoms with Gasteiger partial charge in [-0.2, -0.15) is 0 Å². The minimum atomic E-state index is -0.816. The van der Waals surface area contributed by atoms with Gasteiger partial charge in [-0.3, -0.25) is 0 Å². The zero-order valence-corrected chi connectivity index (χ0v) is 8.86. The van der Waals surface area contributed by atoms with E-state index >= 15 is 0 Å². The molecule has 78 valence electrons. The minimum Gasteiger partial charge on any atom is -0.478 e. The smallest absolute Gasteiger partial charge is 0.327 e. The molecule has 0 amide bonds. The van der Waals surface area contributed by atoms with Crippen LogP contribution >= 0.6 is 0 Å². The summed E-state index contributed by atoms with van der Waals surface area (Å²) in [5, 5.41) is 8.63. The van der Waals surface area contributed by atoms with Gasteiger partial charge in [-0.25, -0.2) is 4.79 Å². The summed E-state index contributed by atoms with van der Waals surface area (Å²) in [7, 11) is 0. The van der Waals surface area contributed by atoms with E-state index in [0.717, 1.165) is 11.8 Å². The molecule has 2 heteroatoms. The summed E-state index contributed by atoms with van der Waals surface area (Å²) < 4.78 is 0. The zero-order valence-electron chi connectivity index (χ0n) is 8.86. The predicted octanol–water partition coefficient (Wildman–Crippen LogP) is 2.70. The lowest BCUT2D eigenvalue weighted by atomic mass is 9.68. The Morgan fingerprint density at radius 3 is 2.64 bits per heavy atom. The van der Waals surface area contributed by atoms with E-state index in [1.165, 1.54) is 25.3 Å². The van der Waals surface area contributed by atoms with Gasteiger partial charge in [-0.15, -0.1) is 0 Å². The van der Waals surface area contributed by atoms with E-state index in [1.807, 2.05) is 6.08 Å². The molecule has 0 spiro atoms. The van der Waals surface area contributed by atoms with Crippen LogP contribution in [0.2, 0.25) is 0 Å². The molecular weight excluding hydrogens is 176 g/mol. The Morgan fingerprint density at radius 1 is 1.43 bits per heavy atom. The fourth-order valence-corrected chi connectivity index (χ4v) is 3.49. The molecule has 0 aromatic carbocycles. The average molecular weight is 194 g/mol. The van der Waals surface area contributed by atoms with Crippen molar-refractivity contribution < 1.29 is 9.90 Å². The van der Waals surface area contributed by atoms with Crippen molar-refractivity contribution in [2.45, 2.75) is 33.1 Å². The van der Waals surface area contributed by atoms with Gasteiger partial charge in [0.25, 0.3) is 0 Å². The number of carboxylic acid groups (broad SMARTS) is 1. The first-order valence-electron chi connectivity index (χ1n) is 5.43. The van der Waals surface area contributed by atoms with E-state index in [4.69, 9.17) is 5.11 Å².